The van der Waals surface area contributed by atoms with Crippen LogP contribution in [0.25, 0.3) is 11.1 Å². The first-order valence-electron chi connectivity index (χ1n) is 10.8. The Bertz CT molecular complexity index is 889. The van der Waals surface area contributed by atoms with Gasteiger partial charge in [-0.1, -0.05) is 45.0 Å². The fraction of sp³-hybridized carbons (Fsp3) is 0.480. The fourth-order valence-electron chi connectivity index (χ4n) is 4.33. The first-order chi connectivity index (χ1) is 14.2. The van der Waals surface area contributed by atoms with Gasteiger partial charge in [-0.2, -0.15) is 0 Å². The normalized spacial score (nSPS) is 19.4. The van der Waals surface area contributed by atoms with E-state index in [1.165, 1.54) is 0 Å². The van der Waals surface area contributed by atoms with Crippen LogP contribution in [0.1, 0.15) is 46.1 Å². The third kappa shape index (κ3) is 4.89. The highest BCUT2D eigenvalue weighted by atomic mass is 16.2. The van der Waals surface area contributed by atoms with Crippen LogP contribution in [0, 0.1) is 10.8 Å². The third-order valence-electron chi connectivity index (χ3n) is 5.81. The zero-order valence-electron chi connectivity index (χ0n) is 18.6. The van der Waals surface area contributed by atoms with Crippen LogP contribution in [-0.2, 0) is 16.0 Å². The minimum atomic E-state index is -0.605. The molecule has 1 saturated heterocycles. The molecule has 5 heteroatoms. The number of benzene rings is 1. The Balaban J connectivity index is 1.91. The van der Waals surface area contributed by atoms with E-state index < -0.39 is 10.8 Å². The molecule has 0 unspecified atom stereocenters. The van der Waals surface area contributed by atoms with E-state index in [4.69, 9.17) is 0 Å². The maximum Gasteiger partial charge on any atom is 0.228 e. The minimum absolute atomic E-state index is 0.0470. The molecule has 5 nitrogen and oxygen atoms in total. The van der Waals surface area contributed by atoms with Crippen molar-refractivity contribution >= 4 is 11.8 Å². The molecule has 1 aliphatic rings. The number of amides is 2. The van der Waals surface area contributed by atoms with Gasteiger partial charge in [0.15, 0.2) is 0 Å². The number of nitrogens with zero attached hydrogens (tertiary/aromatic N) is 2. The molecule has 2 aromatic rings. The van der Waals surface area contributed by atoms with Crippen molar-refractivity contribution in [3.63, 3.8) is 0 Å². The van der Waals surface area contributed by atoms with Crippen molar-refractivity contribution < 1.29 is 9.59 Å². The van der Waals surface area contributed by atoms with Crippen LogP contribution in [0.15, 0.2) is 48.8 Å². The number of carbonyl (C=O) groups is 2. The molecule has 1 aliphatic heterocycles. The smallest absolute Gasteiger partial charge is 0.228 e. The highest BCUT2D eigenvalue weighted by Crippen LogP contribution is 2.36. The topological polar surface area (TPSA) is 62.3 Å². The largest absolute Gasteiger partial charge is 0.356 e. The van der Waals surface area contributed by atoms with Crippen LogP contribution in [0.4, 0.5) is 0 Å². The first-order valence-corrected chi connectivity index (χ1v) is 10.8. The van der Waals surface area contributed by atoms with Crippen LogP contribution in [0.2, 0.25) is 0 Å². The van der Waals surface area contributed by atoms with E-state index in [9.17, 15) is 9.59 Å². The van der Waals surface area contributed by atoms with Crippen molar-refractivity contribution in [2.24, 2.45) is 10.8 Å². The quantitative estimate of drug-likeness (QED) is 0.812. The summed E-state index contributed by atoms with van der Waals surface area (Å²) in [5.41, 5.74) is 2.27. The van der Waals surface area contributed by atoms with Gasteiger partial charge < -0.3 is 10.2 Å². The Morgan fingerprint density at radius 2 is 1.87 bits per heavy atom. The van der Waals surface area contributed by atoms with Gasteiger partial charge in [-0.15, -0.1) is 0 Å². The van der Waals surface area contributed by atoms with E-state index in [1.807, 2.05) is 50.8 Å². The number of nitrogens with one attached hydrogen (secondary N) is 1. The van der Waals surface area contributed by atoms with Crippen LogP contribution < -0.4 is 5.32 Å². The second-order valence-electron chi connectivity index (χ2n) is 9.33. The molecule has 0 bridgehead atoms. The van der Waals surface area contributed by atoms with Crippen molar-refractivity contribution in [3.8, 4) is 11.1 Å². The number of pyridine rings is 1. The molecule has 1 aromatic heterocycles. The standard InChI is InChI=1S/C25H33N3O2/c1-5-27-22(29)25(12-7-15-28(18-25)23(30)24(2,3)4)17-19-8-6-9-21(16-19)20-10-13-26-14-11-20/h6,8-11,13-14,16H,5,7,12,15,17-18H2,1-4H3,(H,27,29)/t25-/m0/s1. The zero-order valence-corrected chi connectivity index (χ0v) is 18.6. The van der Waals surface area contributed by atoms with Gasteiger partial charge in [0.2, 0.25) is 11.8 Å². The van der Waals surface area contributed by atoms with E-state index in [2.05, 4.69) is 28.5 Å². The van der Waals surface area contributed by atoms with Crippen molar-refractivity contribution in [2.45, 2.75) is 47.0 Å². The zero-order chi connectivity index (χ0) is 21.8. The maximum absolute atomic E-state index is 13.2. The predicted octanol–water partition coefficient (Wildman–Crippen LogP) is 4.08. The molecule has 3 rings (SSSR count). The summed E-state index contributed by atoms with van der Waals surface area (Å²) in [6.07, 6.45) is 5.81. The number of carbonyl (C=O) groups excluding carboxylic acids is 2. The Kier molecular flexibility index (Phi) is 6.59. The van der Waals surface area contributed by atoms with Gasteiger partial charge in [0.25, 0.3) is 0 Å². The Morgan fingerprint density at radius 1 is 1.13 bits per heavy atom. The minimum Gasteiger partial charge on any atom is -0.356 e. The van der Waals surface area contributed by atoms with Crippen LogP contribution in [0.3, 0.4) is 0 Å². The van der Waals surface area contributed by atoms with E-state index in [-0.39, 0.29) is 11.8 Å². The molecule has 1 N–H and O–H groups in total. The maximum atomic E-state index is 13.2. The SMILES string of the molecule is CCNC(=O)[C@]1(Cc2cccc(-c3ccncc3)c2)CCCN(C(=O)C(C)(C)C)C1. The van der Waals surface area contributed by atoms with Crippen LogP contribution in [0.5, 0.6) is 0 Å². The Morgan fingerprint density at radius 3 is 2.53 bits per heavy atom. The molecule has 1 fully saturated rings. The van der Waals surface area contributed by atoms with Crippen LogP contribution in [-0.4, -0.2) is 41.3 Å². The summed E-state index contributed by atoms with van der Waals surface area (Å²) < 4.78 is 0. The molecular weight excluding hydrogens is 374 g/mol. The molecule has 0 radical (unpaired) electrons. The summed E-state index contributed by atoms with van der Waals surface area (Å²) in [5.74, 6) is 0.159. The number of aromatic nitrogens is 1. The molecule has 1 atom stereocenters. The van der Waals surface area contributed by atoms with Gasteiger partial charge >= 0.3 is 0 Å². The lowest BCUT2D eigenvalue weighted by Gasteiger charge is -2.43. The number of rotatable bonds is 5. The Hall–Kier alpha value is -2.69. The second kappa shape index (κ2) is 8.99. The van der Waals surface area contributed by atoms with Crippen molar-refractivity contribution in [3.05, 3.63) is 54.4 Å². The molecular formula is C25H33N3O2. The molecule has 0 spiro atoms. The number of likely N-dealkylation sites (tertiary alicyclic amines) is 1. The first kappa shape index (κ1) is 22.0. The number of hydrogen-bond donors (Lipinski definition) is 1. The van der Waals surface area contributed by atoms with Crippen molar-refractivity contribution in [1.82, 2.24) is 15.2 Å². The molecule has 160 valence electrons. The van der Waals surface area contributed by atoms with Crippen molar-refractivity contribution in [1.29, 1.82) is 0 Å². The summed E-state index contributed by atoms with van der Waals surface area (Å²) in [7, 11) is 0. The second-order valence-corrected chi connectivity index (χ2v) is 9.33. The lowest BCUT2D eigenvalue weighted by molar-refractivity contribution is -0.147. The molecule has 30 heavy (non-hydrogen) atoms. The predicted molar refractivity (Wildman–Crippen MR) is 120 cm³/mol. The molecule has 2 amide bonds. The lowest BCUT2D eigenvalue weighted by Crippen LogP contribution is -2.56. The summed E-state index contributed by atoms with van der Waals surface area (Å²) in [5, 5.41) is 3.04. The van der Waals surface area contributed by atoms with Gasteiger partial charge in [0.1, 0.15) is 0 Å². The summed E-state index contributed by atoms with van der Waals surface area (Å²) in [6.45, 7) is 9.53. The van der Waals surface area contributed by atoms with Gasteiger partial charge in [-0.3, -0.25) is 14.6 Å². The van der Waals surface area contributed by atoms with E-state index in [1.54, 1.807) is 12.4 Å². The Labute approximate surface area is 179 Å². The van der Waals surface area contributed by atoms with E-state index >= 15 is 0 Å². The average Bonchev–Trinajstić information content (AvgIpc) is 2.73. The molecule has 1 aromatic carbocycles. The van der Waals surface area contributed by atoms with Gasteiger partial charge in [0.05, 0.1) is 5.41 Å². The van der Waals surface area contributed by atoms with Gasteiger partial charge in [-0.05, 0) is 55.0 Å². The van der Waals surface area contributed by atoms with E-state index in [0.29, 0.717) is 26.1 Å². The molecule has 0 aliphatic carbocycles. The average molecular weight is 408 g/mol. The molecule has 0 saturated carbocycles. The highest BCUT2D eigenvalue weighted by Gasteiger charge is 2.44. The van der Waals surface area contributed by atoms with Gasteiger partial charge in [0, 0.05) is 37.4 Å². The lowest BCUT2D eigenvalue weighted by atomic mass is 9.73. The highest BCUT2D eigenvalue weighted by molar-refractivity contribution is 5.86. The van der Waals surface area contributed by atoms with Crippen LogP contribution >= 0.6 is 0 Å². The summed E-state index contributed by atoms with van der Waals surface area (Å²) in [4.78, 5) is 32.2. The summed E-state index contributed by atoms with van der Waals surface area (Å²) >= 11 is 0. The summed E-state index contributed by atoms with van der Waals surface area (Å²) in [6, 6.07) is 12.3. The monoisotopic (exact) mass is 407 g/mol. The number of piperidine rings is 1. The number of hydrogen-bond acceptors (Lipinski definition) is 3. The van der Waals surface area contributed by atoms with Gasteiger partial charge in [-0.25, -0.2) is 0 Å². The fourth-order valence-corrected chi connectivity index (χ4v) is 4.33. The van der Waals surface area contributed by atoms with E-state index in [0.717, 1.165) is 29.5 Å². The molecule has 2 heterocycles. The van der Waals surface area contributed by atoms with Crippen molar-refractivity contribution in [2.75, 3.05) is 19.6 Å². The third-order valence-corrected chi connectivity index (χ3v) is 5.81.